The van der Waals surface area contributed by atoms with E-state index in [1.165, 1.54) is 18.2 Å². The van der Waals surface area contributed by atoms with Crippen molar-refractivity contribution in [3.8, 4) is 11.5 Å². The molecule has 0 saturated carbocycles. The Morgan fingerprint density at radius 3 is 3.08 bits per heavy atom. The standard InChI is InChI=1S/C18H22N4O3S/c1-12(26-18-21-20-16-5-3-2-4-8-22(16)18)17(23)19-10-13-6-7-14-15(9-13)25-11-24-14/h6-7,9,12H,2-5,8,10-11H2,1H3,(H,19,23)/t12-/m1/s1. The van der Waals surface area contributed by atoms with Gasteiger partial charge < -0.3 is 19.4 Å². The van der Waals surface area contributed by atoms with Gasteiger partial charge in [-0.05, 0) is 37.5 Å². The van der Waals surface area contributed by atoms with Crippen molar-refractivity contribution in [3.63, 3.8) is 0 Å². The predicted octanol–water partition coefficient (Wildman–Crippen LogP) is 2.53. The first-order valence-electron chi connectivity index (χ1n) is 8.95. The molecule has 0 saturated heterocycles. The van der Waals surface area contributed by atoms with Crippen LogP contribution in [0.5, 0.6) is 11.5 Å². The predicted molar refractivity (Wildman–Crippen MR) is 97.3 cm³/mol. The minimum Gasteiger partial charge on any atom is -0.454 e. The van der Waals surface area contributed by atoms with Crippen LogP contribution in [0.3, 0.4) is 0 Å². The van der Waals surface area contributed by atoms with E-state index in [1.807, 2.05) is 25.1 Å². The minimum absolute atomic E-state index is 0.0151. The first kappa shape index (κ1) is 17.2. The summed E-state index contributed by atoms with van der Waals surface area (Å²) in [6.45, 7) is 3.55. The van der Waals surface area contributed by atoms with E-state index in [-0.39, 0.29) is 18.0 Å². The fourth-order valence-electron chi connectivity index (χ4n) is 3.14. The molecule has 1 N–H and O–H groups in total. The van der Waals surface area contributed by atoms with E-state index in [0.29, 0.717) is 6.54 Å². The third-order valence-corrected chi connectivity index (χ3v) is 5.71. The average Bonchev–Trinajstić information content (AvgIpc) is 3.19. The zero-order valence-corrected chi connectivity index (χ0v) is 15.6. The molecule has 0 radical (unpaired) electrons. The smallest absolute Gasteiger partial charge is 0.233 e. The molecule has 1 aromatic carbocycles. The lowest BCUT2D eigenvalue weighted by molar-refractivity contribution is -0.120. The van der Waals surface area contributed by atoms with Crippen molar-refractivity contribution in [3.05, 3.63) is 29.6 Å². The summed E-state index contributed by atoms with van der Waals surface area (Å²) in [4.78, 5) is 12.5. The van der Waals surface area contributed by atoms with Crippen LogP contribution in [0.2, 0.25) is 0 Å². The number of hydrogen-bond acceptors (Lipinski definition) is 6. The SMILES string of the molecule is C[C@@H](Sc1nnc2n1CCCCC2)C(=O)NCc1ccc2c(c1)OCO2. The second-order valence-electron chi connectivity index (χ2n) is 6.53. The Morgan fingerprint density at radius 2 is 2.15 bits per heavy atom. The molecule has 0 spiro atoms. The van der Waals surface area contributed by atoms with E-state index in [9.17, 15) is 4.79 Å². The van der Waals surface area contributed by atoms with Crippen LogP contribution < -0.4 is 14.8 Å². The monoisotopic (exact) mass is 374 g/mol. The average molecular weight is 374 g/mol. The van der Waals surface area contributed by atoms with E-state index in [2.05, 4.69) is 20.1 Å². The van der Waals surface area contributed by atoms with Gasteiger partial charge in [-0.15, -0.1) is 10.2 Å². The number of aryl methyl sites for hydroxylation is 1. The number of nitrogens with zero attached hydrogens (tertiary/aromatic N) is 3. The fraction of sp³-hybridized carbons (Fsp3) is 0.500. The van der Waals surface area contributed by atoms with Crippen LogP contribution in [-0.2, 0) is 24.3 Å². The third-order valence-electron chi connectivity index (χ3n) is 4.63. The molecular formula is C18H22N4O3S. The van der Waals surface area contributed by atoms with Gasteiger partial charge in [-0.3, -0.25) is 4.79 Å². The summed E-state index contributed by atoms with van der Waals surface area (Å²) >= 11 is 1.47. The topological polar surface area (TPSA) is 78.3 Å². The van der Waals surface area contributed by atoms with Crippen molar-refractivity contribution in [1.82, 2.24) is 20.1 Å². The summed E-state index contributed by atoms with van der Waals surface area (Å²) in [7, 11) is 0. The highest BCUT2D eigenvalue weighted by molar-refractivity contribution is 8.00. The van der Waals surface area contributed by atoms with Crippen molar-refractivity contribution >= 4 is 17.7 Å². The number of aromatic nitrogens is 3. The minimum atomic E-state index is -0.236. The Morgan fingerprint density at radius 1 is 1.27 bits per heavy atom. The molecule has 0 bridgehead atoms. The molecule has 2 aromatic rings. The van der Waals surface area contributed by atoms with Gasteiger partial charge in [0.15, 0.2) is 16.7 Å². The van der Waals surface area contributed by atoms with Crippen LogP contribution >= 0.6 is 11.8 Å². The number of fused-ring (bicyclic) bond motifs is 2. The van der Waals surface area contributed by atoms with Crippen LogP contribution in [0.1, 0.15) is 37.6 Å². The van der Waals surface area contributed by atoms with Gasteiger partial charge in [0.2, 0.25) is 12.7 Å². The molecule has 0 fully saturated rings. The molecule has 1 amide bonds. The molecule has 4 rings (SSSR count). The number of carbonyl (C=O) groups excluding carboxylic acids is 1. The van der Waals surface area contributed by atoms with Crippen LogP contribution in [-0.4, -0.2) is 32.7 Å². The normalized spacial score (nSPS) is 16.7. The zero-order chi connectivity index (χ0) is 17.9. The van der Waals surface area contributed by atoms with E-state index < -0.39 is 0 Å². The molecular weight excluding hydrogens is 352 g/mol. The summed E-state index contributed by atoms with van der Waals surface area (Å²) in [5.41, 5.74) is 0.983. The van der Waals surface area contributed by atoms with Crippen molar-refractivity contribution in [2.24, 2.45) is 0 Å². The number of nitrogens with one attached hydrogen (secondary N) is 1. The molecule has 1 atom stereocenters. The summed E-state index contributed by atoms with van der Waals surface area (Å²) in [5.74, 6) is 2.50. The van der Waals surface area contributed by atoms with Crippen LogP contribution in [0, 0.1) is 0 Å². The number of ether oxygens (including phenoxy) is 2. The zero-order valence-electron chi connectivity index (χ0n) is 14.7. The van der Waals surface area contributed by atoms with Crippen LogP contribution in [0.15, 0.2) is 23.4 Å². The van der Waals surface area contributed by atoms with Gasteiger partial charge in [0.1, 0.15) is 5.82 Å². The highest BCUT2D eigenvalue weighted by Gasteiger charge is 2.21. The Balaban J connectivity index is 1.34. The Labute approximate surface area is 156 Å². The van der Waals surface area contributed by atoms with Gasteiger partial charge in [0, 0.05) is 19.5 Å². The van der Waals surface area contributed by atoms with Crippen molar-refractivity contribution in [2.75, 3.05) is 6.79 Å². The van der Waals surface area contributed by atoms with Crippen molar-refractivity contribution < 1.29 is 14.3 Å². The second kappa shape index (κ2) is 7.57. The van der Waals surface area contributed by atoms with E-state index in [1.54, 1.807) is 0 Å². The van der Waals surface area contributed by atoms with E-state index in [0.717, 1.165) is 53.9 Å². The first-order chi connectivity index (χ1) is 12.7. The van der Waals surface area contributed by atoms with Crippen LogP contribution in [0.25, 0.3) is 0 Å². The summed E-state index contributed by atoms with van der Waals surface area (Å²) < 4.78 is 12.8. The molecule has 7 nitrogen and oxygen atoms in total. The molecule has 0 aliphatic carbocycles. The molecule has 0 unspecified atom stereocenters. The Kier molecular flexibility index (Phi) is 5.01. The molecule has 8 heteroatoms. The van der Waals surface area contributed by atoms with Gasteiger partial charge in [-0.25, -0.2) is 0 Å². The Hall–Kier alpha value is -2.22. The third kappa shape index (κ3) is 3.65. The summed E-state index contributed by atoms with van der Waals surface area (Å²) in [6.07, 6.45) is 4.49. The molecule has 26 heavy (non-hydrogen) atoms. The number of thioether (sulfide) groups is 1. The molecule has 138 valence electrons. The van der Waals surface area contributed by atoms with Crippen molar-refractivity contribution in [1.29, 1.82) is 0 Å². The maximum atomic E-state index is 12.5. The quantitative estimate of drug-likeness (QED) is 0.811. The maximum absolute atomic E-state index is 12.5. The summed E-state index contributed by atoms with van der Waals surface area (Å²) in [6, 6.07) is 5.70. The maximum Gasteiger partial charge on any atom is 0.233 e. The van der Waals surface area contributed by atoms with Gasteiger partial charge in [-0.2, -0.15) is 0 Å². The van der Waals surface area contributed by atoms with Gasteiger partial charge in [-0.1, -0.05) is 24.2 Å². The fourth-order valence-corrected chi connectivity index (χ4v) is 4.06. The Bertz CT molecular complexity index is 808. The highest BCUT2D eigenvalue weighted by atomic mass is 32.2. The number of hydrogen-bond donors (Lipinski definition) is 1. The van der Waals surface area contributed by atoms with Gasteiger partial charge in [0.05, 0.1) is 5.25 Å². The number of rotatable bonds is 5. The lowest BCUT2D eigenvalue weighted by atomic mass is 10.2. The molecule has 2 aliphatic heterocycles. The number of benzene rings is 1. The largest absolute Gasteiger partial charge is 0.454 e. The van der Waals surface area contributed by atoms with Crippen LogP contribution in [0.4, 0.5) is 0 Å². The number of carbonyl (C=O) groups is 1. The highest BCUT2D eigenvalue weighted by Crippen LogP contribution is 2.32. The van der Waals surface area contributed by atoms with E-state index >= 15 is 0 Å². The second-order valence-corrected chi connectivity index (χ2v) is 7.83. The summed E-state index contributed by atoms with van der Waals surface area (Å²) in [5, 5.41) is 12.2. The lowest BCUT2D eigenvalue weighted by Crippen LogP contribution is -2.30. The van der Waals surface area contributed by atoms with Crippen molar-refractivity contribution in [2.45, 2.75) is 56.1 Å². The van der Waals surface area contributed by atoms with Gasteiger partial charge >= 0.3 is 0 Å². The molecule has 3 heterocycles. The molecule has 1 aromatic heterocycles. The van der Waals surface area contributed by atoms with E-state index in [4.69, 9.17) is 9.47 Å². The van der Waals surface area contributed by atoms with Gasteiger partial charge in [0.25, 0.3) is 0 Å². The molecule has 2 aliphatic rings. The first-order valence-corrected chi connectivity index (χ1v) is 9.83. The lowest BCUT2D eigenvalue weighted by Gasteiger charge is -2.13. The number of amides is 1.